The summed E-state index contributed by atoms with van der Waals surface area (Å²) in [6, 6.07) is 0. The van der Waals surface area contributed by atoms with Gasteiger partial charge in [0.15, 0.2) is 0 Å². The van der Waals surface area contributed by atoms with Crippen LogP contribution in [0, 0.1) is 0 Å². The van der Waals surface area contributed by atoms with Gasteiger partial charge in [-0.3, -0.25) is 0 Å². The monoisotopic (exact) mass is 146 g/mol. The lowest BCUT2D eigenvalue weighted by Crippen LogP contribution is -2.10. The molecule has 0 aliphatic heterocycles. The Kier molecular flexibility index (Phi) is 4.23. The molecule has 0 aromatic heterocycles. The van der Waals surface area contributed by atoms with E-state index in [9.17, 15) is 0 Å². The first-order valence-corrected chi connectivity index (χ1v) is 2.77. The first-order valence-electron chi connectivity index (χ1n) is 2.77. The van der Waals surface area contributed by atoms with Gasteiger partial charge in [0.25, 0.3) is 0 Å². The van der Waals surface area contributed by atoms with E-state index < -0.39 is 6.10 Å². The number of rotatable bonds is 3. The van der Waals surface area contributed by atoms with Gasteiger partial charge in [0.05, 0.1) is 12.3 Å². The lowest BCUT2D eigenvalue weighted by molar-refractivity contribution is 0.201. The lowest BCUT2D eigenvalue weighted by atomic mass is 10.2. The molecule has 5 nitrogen and oxygen atoms in total. The highest BCUT2D eigenvalue weighted by molar-refractivity contribution is 6.30. The van der Waals surface area contributed by atoms with Crippen LogP contribution in [0.15, 0.2) is 10.3 Å². The minimum Gasteiger partial charge on any atom is -0.411 e. The van der Waals surface area contributed by atoms with Crippen molar-refractivity contribution in [3.8, 4) is 0 Å². The number of hydrogen-bond donors (Lipinski definition) is 3. The van der Waals surface area contributed by atoms with E-state index in [2.05, 4.69) is 10.3 Å². The lowest BCUT2D eigenvalue weighted by Gasteiger charge is -1.99. The van der Waals surface area contributed by atoms with Gasteiger partial charge in [-0.2, -0.15) is 0 Å². The average Bonchev–Trinajstić information content (AvgIpc) is 1.86. The highest BCUT2D eigenvalue weighted by Crippen LogP contribution is 1.90. The quantitative estimate of drug-likeness (QED) is 0.298. The van der Waals surface area contributed by atoms with Crippen molar-refractivity contribution in [2.75, 3.05) is 0 Å². The second-order valence-corrected chi connectivity index (χ2v) is 1.89. The van der Waals surface area contributed by atoms with Crippen LogP contribution in [0.5, 0.6) is 0 Å². The van der Waals surface area contributed by atoms with Crippen LogP contribution in [-0.2, 0) is 0 Å². The molecule has 58 valence electrons. The van der Waals surface area contributed by atoms with Crippen LogP contribution in [0.1, 0.15) is 13.3 Å². The summed E-state index contributed by atoms with van der Waals surface area (Å²) in [5.74, 6) is 0. The Morgan fingerprint density at radius 1 is 1.60 bits per heavy atom. The van der Waals surface area contributed by atoms with Gasteiger partial charge in [-0.25, -0.2) is 0 Å². The van der Waals surface area contributed by atoms with Crippen LogP contribution < -0.4 is 0 Å². The molecule has 0 amide bonds. The molecule has 10 heavy (non-hydrogen) atoms. The Morgan fingerprint density at radius 2 is 2.20 bits per heavy atom. The first-order chi connectivity index (χ1) is 4.70. The van der Waals surface area contributed by atoms with E-state index in [4.69, 9.17) is 15.5 Å². The van der Waals surface area contributed by atoms with Crippen LogP contribution in [0.25, 0.3) is 0 Å². The molecule has 0 bridgehead atoms. The summed E-state index contributed by atoms with van der Waals surface area (Å²) in [6.45, 7) is 1.54. The molecule has 0 saturated heterocycles. The summed E-state index contributed by atoms with van der Waals surface area (Å²) in [7, 11) is 0. The molecule has 0 spiro atoms. The van der Waals surface area contributed by atoms with Crippen molar-refractivity contribution in [3.05, 3.63) is 0 Å². The maximum atomic E-state index is 8.75. The van der Waals surface area contributed by atoms with Gasteiger partial charge in [-0.1, -0.05) is 10.3 Å². The molecule has 0 aliphatic carbocycles. The molecule has 0 aliphatic rings. The van der Waals surface area contributed by atoms with Crippen LogP contribution in [0.4, 0.5) is 0 Å². The van der Waals surface area contributed by atoms with Crippen LogP contribution in [-0.4, -0.2) is 33.6 Å². The highest BCUT2D eigenvalue weighted by Gasteiger charge is 2.01. The third-order valence-corrected chi connectivity index (χ3v) is 0.840. The summed E-state index contributed by atoms with van der Waals surface area (Å²) in [4.78, 5) is 0. The number of oxime groups is 2. The second kappa shape index (κ2) is 4.75. The predicted octanol–water partition coefficient (Wildman–Crippen LogP) is 0.0475. The molecule has 1 atom stereocenters. The number of hydrogen-bond acceptors (Lipinski definition) is 5. The first kappa shape index (κ1) is 8.90. The van der Waals surface area contributed by atoms with Gasteiger partial charge in [0.1, 0.15) is 5.71 Å². The molecule has 5 heteroatoms. The van der Waals surface area contributed by atoms with Crippen LogP contribution in [0.3, 0.4) is 0 Å². The van der Waals surface area contributed by atoms with Gasteiger partial charge in [-0.05, 0) is 6.92 Å². The molecule has 0 aromatic rings. The zero-order chi connectivity index (χ0) is 7.98. The summed E-state index contributed by atoms with van der Waals surface area (Å²) < 4.78 is 0. The Labute approximate surface area is 58.3 Å². The minimum absolute atomic E-state index is 0.137. The Bertz CT molecular complexity index is 142. The smallest absolute Gasteiger partial charge is 0.104 e. The van der Waals surface area contributed by atoms with Gasteiger partial charge in [-0.15, -0.1) is 0 Å². The number of nitrogens with zero attached hydrogens (tertiary/aromatic N) is 2. The molecule has 1 unspecified atom stereocenters. The Morgan fingerprint density at radius 3 is 2.50 bits per heavy atom. The van der Waals surface area contributed by atoms with Crippen molar-refractivity contribution < 1.29 is 15.5 Å². The van der Waals surface area contributed by atoms with E-state index in [1.54, 1.807) is 0 Å². The van der Waals surface area contributed by atoms with Gasteiger partial charge >= 0.3 is 0 Å². The average molecular weight is 146 g/mol. The molecular formula is C5H10N2O3. The summed E-state index contributed by atoms with van der Waals surface area (Å²) in [5, 5.41) is 30.3. The molecule has 0 aromatic carbocycles. The fourth-order valence-corrected chi connectivity index (χ4v) is 0.489. The SMILES string of the molecule is CC(O)CC(/C=N/O)=N\O. The van der Waals surface area contributed by atoms with Gasteiger partial charge in [0, 0.05) is 6.42 Å². The van der Waals surface area contributed by atoms with E-state index >= 15 is 0 Å². The van der Waals surface area contributed by atoms with Crippen molar-refractivity contribution in [1.29, 1.82) is 0 Å². The molecule has 0 fully saturated rings. The second-order valence-electron chi connectivity index (χ2n) is 1.89. The van der Waals surface area contributed by atoms with Crippen LogP contribution in [0.2, 0.25) is 0 Å². The van der Waals surface area contributed by atoms with E-state index in [1.807, 2.05) is 0 Å². The largest absolute Gasteiger partial charge is 0.411 e. The molecule has 0 saturated carbocycles. The maximum Gasteiger partial charge on any atom is 0.104 e. The van der Waals surface area contributed by atoms with E-state index in [0.29, 0.717) is 0 Å². The van der Waals surface area contributed by atoms with Crippen molar-refractivity contribution in [3.63, 3.8) is 0 Å². The molecular weight excluding hydrogens is 136 g/mol. The standard InChI is InChI=1S/C5H10N2O3/c1-4(8)2-5(7-10)3-6-9/h3-4,8-10H,2H2,1H3/b6-3+,7-5+. The third-order valence-electron chi connectivity index (χ3n) is 0.840. The van der Waals surface area contributed by atoms with E-state index in [0.717, 1.165) is 6.21 Å². The predicted molar refractivity (Wildman–Crippen MR) is 35.8 cm³/mol. The fraction of sp³-hybridized carbons (Fsp3) is 0.600. The summed E-state index contributed by atoms with van der Waals surface area (Å²) in [5.41, 5.74) is 0.137. The zero-order valence-electron chi connectivity index (χ0n) is 5.60. The maximum absolute atomic E-state index is 8.75. The zero-order valence-corrected chi connectivity index (χ0v) is 5.60. The van der Waals surface area contributed by atoms with Crippen molar-refractivity contribution >= 4 is 11.9 Å². The Hall–Kier alpha value is -1.10. The molecule has 0 radical (unpaired) electrons. The van der Waals surface area contributed by atoms with Crippen molar-refractivity contribution in [2.24, 2.45) is 10.3 Å². The fourth-order valence-electron chi connectivity index (χ4n) is 0.489. The van der Waals surface area contributed by atoms with Gasteiger partial charge < -0.3 is 15.5 Å². The van der Waals surface area contributed by atoms with Crippen LogP contribution >= 0.6 is 0 Å². The van der Waals surface area contributed by atoms with Crippen molar-refractivity contribution in [2.45, 2.75) is 19.4 Å². The highest BCUT2D eigenvalue weighted by atomic mass is 16.4. The third kappa shape index (κ3) is 3.85. The van der Waals surface area contributed by atoms with E-state index in [1.165, 1.54) is 6.92 Å². The van der Waals surface area contributed by atoms with E-state index in [-0.39, 0.29) is 12.1 Å². The molecule has 0 rings (SSSR count). The molecule has 3 N–H and O–H groups in total. The minimum atomic E-state index is -0.608. The Balaban J connectivity index is 3.86. The van der Waals surface area contributed by atoms with Crippen molar-refractivity contribution in [1.82, 2.24) is 0 Å². The summed E-state index contributed by atoms with van der Waals surface area (Å²) >= 11 is 0. The number of aliphatic hydroxyl groups excluding tert-OH is 1. The normalized spacial score (nSPS) is 16.0. The van der Waals surface area contributed by atoms with Gasteiger partial charge in [0.2, 0.25) is 0 Å². The number of aliphatic hydroxyl groups is 1. The summed E-state index contributed by atoms with van der Waals surface area (Å²) in [6.07, 6.45) is 0.525. The topological polar surface area (TPSA) is 85.4 Å². The molecule has 0 heterocycles.